The van der Waals surface area contributed by atoms with Crippen molar-refractivity contribution < 1.29 is 0 Å². The minimum absolute atomic E-state index is 0.0867. The molecule has 0 aliphatic rings. The fraction of sp³-hybridized carbons (Fsp3) is 0.672. The quantitative estimate of drug-likeness (QED) is 0.155. The number of thiophene rings is 1. The SMILES string of the molecule is CC(C)(C)c1ccc(C(C)(C)C)s1.CC(C)(C)c1cnc(C(C)(C)C)cn1.Cc1cc(C(C)(C)C)c(C)cc1C(C)(C)C.Cc1cc(C(C)(C)C)nc(C)c1C(C)(C)C.Cn1nc(C(C)(C)C)cc1C(C)(C)C. The first-order valence-corrected chi connectivity index (χ1v) is 28.0. The van der Waals surface area contributed by atoms with Gasteiger partial charge in [-0.2, -0.15) is 5.10 Å². The monoisotopic (exact) mass is 1020 g/mol. The van der Waals surface area contributed by atoms with Crippen molar-refractivity contribution in [2.45, 2.75) is 290 Å². The number of pyridine rings is 1. The van der Waals surface area contributed by atoms with Crippen molar-refractivity contribution in [3.63, 3.8) is 0 Å². The molecule has 0 saturated carbocycles. The highest BCUT2D eigenvalue weighted by atomic mass is 32.1. The van der Waals surface area contributed by atoms with E-state index in [0.717, 1.165) is 11.4 Å². The molecule has 0 unspecified atom stereocenters. The van der Waals surface area contributed by atoms with Crippen LogP contribution >= 0.6 is 11.3 Å². The summed E-state index contributed by atoms with van der Waals surface area (Å²) in [6.45, 7) is 75.6. The maximum absolute atomic E-state index is 4.77. The van der Waals surface area contributed by atoms with E-state index in [9.17, 15) is 0 Å². The summed E-state index contributed by atoms with van der Waals surface area (Å²) in [4.78, 5) is 16.6. The molecule has 0 saturated heterocycles. The average Bonchev–Trinajstić information content (AvgIpc) is 3.83. The van der Waals surface area contributed by atoms with Gasteiger partial charge in [-0.15, -0.1) is 11.3 Å². The van der Waals surface area contributed by atoms with E-state index < -0.39 is 0 Å². The highest BCUT2D eigenvalue weighted by Gasteiger charge is 2.27. The van der Waals surface area contributed by atoms with Crippen LogP contribution in [0.4, 0.5) is 0 Å². The zero-order chi connectivity index (χ0) is 57.9. The zero-order valence-electron chi connectivity index (χ0n) is 54.3. The Morgan fingerprint density at radius 3 is 0.904 bits per heavy atom. The average molecular weight is 1020 g/mol. The van der Waals surface area contributed by atoms with Crippen molar-refractivity contribution in [2.24, 2.45) is 7.05 Å². The van der Waals surface area contributed by atoms with Crippen LogP contribution in [-0.4, -0.2) is 24.7 Å². The summed E-state index contributed by atoms with van der Waals surface area (Å²) in [5, 5.41) is 4.57. The van der Waals surface area contributed by atoms with Crippen LogP contribution in [0.1, 0.15) is 285 Å². The van der Waals surface area contributed by atoms with Gasteiger partial charge in [0, 0.05) is 73.4 Å². The molecule has 0 radical (unpaired) electrons. The number of aryl methyl sites for hydroxylation is 5. The summed E-state index contributed by atoms with van der Waals surface area (Å²) in [6, 6.07) is 13.7. The Bertz CT molecular complexity index is 2380. The number of aromatic nitrogens is 5. The molecule has 73 heavy (non-hydrogen) atoms. The molecule has 412 valence electrons. The molecule has 0 bridgehead atoms. The number of benzene rings is 1. The van der Waals surface area contributed by atoms with Gasteiger partial charge < -0.3 is 0 Å². The van der Waals surface area contributed by atoms with Gasteiger partial charge in [-0.3, -0.25) is 19.6 Å². The normalized spacial score (nSPS) is 13.1. The molecule has 0 N–H and O–H groups in total. The van der Waals surface area contributed by atoms with Crippen molar-refractivity contribution in [2.75, 3.05) is 0 Å². The lowest BCUT2D eigenvalue weighted by Crippen LogP contribution is -2.20. The third-order valence-corrected chi connectivity index (χ3v) is 14.7. The molecule has 5 rings (SSSR count). The maximum Gasteiger partial charge on any atom is 0.0680 e. The fourth-order valence-electron chi connectivity index (χ4n) is 8.56. The van der Waals surface area contributed by atoms with Gasteiger partial charge in [0.2, 0.25) is 0 Å². The molecular weight excluding hydrogens is 907 g/mol. The smallest absolute Gasteiger partial charge is 0.0680 e. The lowest BCUT2D eigenvalue weighted by Gasteiger charge is -2.28. The lowest BCUT2D eigenvalue weighted by molar-refractivity contribution is 0.514. The van der Waals surface area contributed by atoms with Gasteiger partial charge >= 0.3 is 0 Å². The van der Waals surface area contributed by atoms with Crippen molar-refractivity contribution in [1.82, 2.24) is 24.7 Å². The second-order valence-electron chi connectivity index (χ2n) is 31.3. The molecule has 0 fully saturated rings. The molecule has 0 aliphatic heterocycles. The molecule has 0 aliphatic carbocycles. The standard InChI is InChI=1S/C16H26.C15H25N.C12H22N2.C12H20N2.C12H20S/c1-11-9-14(16(6,7)8)12(2)10-13(11)15(3,4)5;1-10-9-12(14(3,4)5)16-11(2)13(10)15(6,7)8;1-11(2,3)9-8-10(12(4,5)6)14(7)13-9;1-11(2,3)9-7-14-10(8-13-9)12(4,5)6;1-11(2,3)9-7-8-10(13-9)12(4,5)6/h9-10H,1-8H3;9H,1-8H3;8H,1-7H3;7-8H,1-6H3;7-8H,1-6H3. The Hall–Kier alpha value is -3.64. The van der Waals surface area contributed by atoms with Crippen LogP contribution in [0.25, 0.3) is 0 Å². The Balaban J connectivity index is 0.000000457. The van der Waals surface area contributed by atoms with Crippen LogP contribution in [0.5, 0.6) is 0 Å². The van der Waals surface area contributed by atoms with Crippen molar-refractivity contribution >= 4 is 11.3 Å². The van der Waals surface area contributed by atoms with E-state index in [2.05, 4.69) is 287 Å². The minimum Gasteiger partial charge on any atom is -0.272 e. The van der Waals surface area contributed by atoms with Crippen LogP contribution in [0.2, 0.25) is 0 Å². The highest BCUT2D eigenvalue weighted by molar-refractivity contribution is 7.12. The van der Waals surface area contributed by atoms with Gasteiger partial charge in [0.05, 0.1) is 17.1 Å². The van der Waals surface area contributed by atoms with Gasteiger partial charge in [0.25, 0.3) is 0 Å². The van der Waals surface area contributed by atoms with E-state index in [1.54, 1.807) is 0 Å². The lowest BCUT2D eigenvalue weighted by atomic mass is 9.77. The second kappa shape index (κ2) is 23.7. The van der Waals surface area contributed by atoms with Gasteiger partial charge in [0.15, 0.2) is 0 Å². The first kappa shape index (κ1) is 67.4. The molecular formula is C67H113N5S. The number of nitrogens with zero attached hydrogens (tertiary/aromatic N) is 5. The fourth-order valence-corrected chi connectivity index (χ4v) is 9.69. The number of hydrogen-bond acceptors (Lipinski definition) is 5. The molecule has 0 atom stereocenters. The molecule has 4 aromatic heterocycles. The predicted octanol–water partition coefficient (Wildman–Crippen LogP) is 19.6. The van der Waals surface area contributed by atoms with E-state index in [1.807, 2.05) is 35.5 Å². The Morgan fingerprint density at radius 2 is 0.699 bits per heavy atom. The van der Waals surface area contributed by atoms with Crippen LogP contribution in [0, 0.1) is 27.7 Å². The zero-order valence-corrected chi connectivity index (χ0v) is 55.1. The topological polar surface area (TPSA) is 56.5 Å². The van der Waals surface area contributed by atoms with Crippen LogP contribution in [0.3, 0.4) is 0 Å². The summed E-state index contributed by atoms with van der Waals surface area (Å²) in [7, 11) is 2.02. The largest absolute Gasteiger partial charge is 0.272 e. The summed E-state index contributed by atoms with van der Waals surface area (Å²) in [5.41, 5.74) is 17.3. The molecule has 5 nitrogen and oxygen atoms in total. The third-order valence-electron chi connectivity index (χ3n) is 12.8. The minimum atomic E-state index is 0.0867. The third kappa shape index (κ3) is 21.1. The molecule has 6 heteroatoms. The van der Waals surface area contributed by atoms with Crippen molar-refractivity contribution in [3.05, 3.63) is 126 Å². The first-order chi connectivity index (χ1) is 32.1. The molecule has 5 aromatic rings. The Labute approximate surface area is 456 Å². The van der Waals surface area contributed by atoms with Crippen LogP contribution in [-0.2, 0) is 61.2 Å². The van der Waals surface area contributed by atoms with Gasteiger partial charge in [-0.05, 0) is 112 Å². The van der Waals surface area contributed by atoms with E-state index >= 15 is 0 Å². The molecule has 1 aromatic carbocycles. The van der Waals surface area contributed by atoms with E-state index in [1.165, 1.54) is 65.9 Å². The van der Waals surface area contributed by atoms with Crippen LogP contribution < -0.4 is 0 Å². The number of rotatable bonds is 0. The molecule has 0 amide bonds. The Morgan fingerprint density at radius 1 is 0.356 bits per heavy atom. The summed E-state index contributed by atoms with van der Waals surface area (Å²) < 4.78 is 2.00. The molecule has 0 spiro atoms. The van der Waals surface area contributed by atoms with Gasteiger partial charge in [-0.1, -0.05) is 220 Å². The maximum atomic E-state index is 4.77. The molecule has 4 heterocycles. The summed E-state index contributed by atoms with van der Waals surface area (Å²) in [5.74, 6) is 0. The highest BCUT2D eigenvalue weighted by Crippen LogP contribution is 2.37. The van der Waals surface area contributed by atoms with Crippen molar-refractivity contribution in [3.8, 4) is 0 Å². The van der Waals surface area contributed by atoms with E-state index in [-0.39, 0.29) is 43.3 Å². The first-order valence-electron chi connectivity index (χ1n) is 27.2. The van der Waals surface area contributed by atoms with E-state index in [4.69, 9.17) is 4.98 Å². The summed E-state index contributed by atoms with van der Waals surface area (Å²) >= 11 is 1.95. The Kier molecular flexibility index (Phi) is 21.9. The van der Waals surface area contributed by atoms with Crippen molar-refractivity contribution in [1.29, 1.82) is 0 Å². The van der Waals surface area contributed by atoms with Gasteiger partial charge in [0.1, 0.15) is 0 Å². The number of hydrogen-bond donors (Lipinski definition) is 0. The second-order valence-corrected chi connectivity index (χ2v) is 32.3. The van der Waals surface area contributed by atoms with Gasteiger partial charge in [-0.25, -0.2) is 0 Å². The van der Waals surface area contributed by atoms with Crippen LogP contribution in [0.15, 0.2) is 48.8 Å². The van der Waals surface area contributed by atoms with E-state index in [0.29, 0.717) is 10.8 Å². The predicted molar refractivity (Wildman–Crippen MR) is 326 cm³/mol. The summed E-state index contributed by atoms with van der Waals surface area (Å²) in [6.07, 6.45) is 3.78.